The summed E-state index contributed by atoms with van der Waals surface area (Å²) in [5, 5.41) is 9.36. The molecule has 1 N–H and O–H groups in total. The van der Waals surface area contributed by atoms with Crippen molar-refractivity contribution in [1.82, 2.24) is 9.80 Å². The van der Waals surface area contributed by atoms with Crippen molar-refractivity contribution in [3.8, 4) is 0 Å². The lowest BCUT2D eigenvalue weighted by atomic mass is 9.91. The molecule has 0 bridgehead atoms. The second-order valence-electron chi connectivity index (χ2n) is 9.01. The minimum Gasteiger partial charge on any atom is -0.465 e. The molecular weight excluding hydrogens is 415 g/mol. The zero-order valence-corrected chi connectivity index (χ0v) is 18.1. The van der Waals surface area contributed by atoms with Crippen molar-refractivity contribution in [2.75, 3.05) is 31.1 Å². The van der Waals surface area contributed by atoms with Gasteiger partial charge in [0, 0.05) is 37.9 Å². The second-order valence-corrected chi connectivity index (χ2v) is 9.01. The van der Waals surface area contributed by atoms with Crippen LogP contribution in [0.1, 0.15) is 44.4 Å². The number of ether oxygens (including phenoxy) is 1. The molecule has 0 radical (unpaired) electrons. The number of hydrogen-bond acceptors (Lipinski definition) is 4. The Balaban J connectivity index is 1.88. The van der Waals surface area contributed by atoms with E-state index in [2.05, 4.69) is 0 Å². The first-order valence-corrected chi connectivity index (χ1v) is 10.2. The first-order chi connectivity index (χ1) is 14.3. The van der Waals surface area contributed by atoms with E-state index in [-0.39, 0.29) is 31.1 Å². The van der Waals surface area contributed by atoms with E-state index >= 15 is 0 Å². The molecule has 2 aliphatic heterocycles. The Kier molecular flexibility index (Phi) is 6.03. The molecule has 0 aliphatic carbocycles. The monoisotopic (exact) mass is 443 g/mol. The van der Waals surface area contributed by atoms with E-state index in [1.165, 1.54) is 6.07 Å². The summed E-state index contributed by atoms with van der Waals surface area (Å²) in [6.07, 6.45) is -6.07. The van der Waals surface area contributed by atoms with Crippen molar-refractivity contribution in [2.24, 2.45) is 0 Å². The molecule has 1 fully saturated rings. The number of alkyl halides is 3. The van der Waals surface area contributed by atoms with Gasteiger partial charge in [-0.2, -0.15) is 13.2 Å². The van der Waals surface area contributed by atoms with E-state index in [9.17, 15) is 27.9 Å². The van der Waals surface area contributed by atoms with Crippen LogP contribution in [-0.2, 0) is 23.9 Å². The standard InChI is InChI=1S/C21H28F3N3O4/c1-13-11-25(9-10-27(13)19(30)31-20(2,3)4)17-6-5-16(21(22,23)24)14-7-8-26(18(28)29)12-15(14)17/h5-6,13H,7-12H2,1-4H3,(H,28,29)/t13-/m1/s1. The molecule has 2 amide bonds. The van der Waals surface area contributed by atoms with Crippen LogP contribution in [0.25, 0.3) is 0 Å². The first kappa shape index (κ1) is 23.0. The van der Waals surface area contributed by atoms with Gasteiger partial charge in [0.2, 0.25) is 0 Å². The Hall–Kier alpha value is -2.65. The predicted octanol–water partition coefficient (Wildman–Crippen LogP) is 4.19. The fourth-order valence-electron chi connectivity index (χ4n) is 4.15. The van der Waals surface area contributed by atoms with Crippen molar-refractivity contribution >= 4 is 17.9 Å². The number of benzene rings is 1. The van der Waals surface area contributed by atoms with Crippen LogP contribution in [0.4, 0.5) is 28.4 Å². The summed E-state index contributed by atoms with van der Waals surface area (Å²) in [6, 6.07) is 2.28. The first-order valence-electron chi connectivity index (χ1n) is 10.2. The van der Waals surface area contributed by atoms with Gasteiger partial charge in [-0.15, -0.1) is 0 Å². The molecular formula is C21H28F3N3O4. The van der Waals surface area contributed by atoms with Gasteiger partial charge < -0.3 is 24.5 Å². The molecule has 0 aromatic heterocycles. The molecule has 1 aromatic carbocycles. The van der Waals surface area contributed by atoms with Gasteiger partial charge in [-0.25, -0.2) is 9.59 Å². The summed E-state index contributed by atoms with van der Waals surface area (Å²) in [6.45, 7) is 8.32. The molecule has 0 unspecified atom stereocenters. The molecule has 10 heteroatoms. The molecule has 2 heterocycles. The normalized spacial score (nSPS) is 19.8. The van der Waals surface area contributed by atoms with Crippen molar-refractivity contribution in [2.45, 2.75) is 58.5 Å². The summed E-state index contributed by atoms with van der Waals surface area (Å²) in [4.78, 5) is 28.6. The fourth-order valence-corrected chi connectivity index (χ4v) is 4.15. The number of piperazine rings is 1. The summed E-state index contributed by atoms with van der Waals surface area (Å²) in [5.41, 5.74) is -0.201. The van der Waals surface area contributed by atoms with Crippen LogP contribution in [0.2, 0.25) is 0 Å². The SMILES string of the molecule is C[C@@H]1CN(c2ccc(C(F)(F)F)c3c2CN(C(=O)O)CC3)CCN1C(=O)OC(C)(C)C. The number of carboxylic acid groups (broad SMARTS) is 1. The van der Waals surface area contributed by atoms with Crippen molar-refractivity contribution < 1.29 is 32.6 Å². The van der Waals surface area contributed by atoms with Gasteiger partial charge >= 0.3 is 18.4 Å². The van der Waals surface area contributed by atoms with E-state index in [0.717, 1.165) is 11.0 Å². The van der Waals surface area contributed by atoms with Gasteiger partial charge in [-0.1, -0.05) is 0 Å². The minimum absolute atomic E-state index is 0.0117. The van der Waals surface area contributed by atoms with Gasteiger partial charge in [0.05, 0.1) is 12.1 Å². The zero-order chi connectivity index (χ0) is 23.1. The molecule has 3 rings (SSSR count). The quantitative estimate of drug-likeness (QED) is 0.705. The number of hydrogen-bond donors (Lipinski definition) is 1. The number of rotatable bonds is 1. The highest BCUT2D eigenvalue weighted by Gasteiger charge is 2.38. The van der Waals surface area contributed by atoms with Crippen LogP contribution in [0, 0.1) is 0 Å². The van der Waals surface area contributed by atoms with Gasteiger partial charge in [0.25, 0.3) is 0 Å². The largest absolute Gasteiger partial charge is 0.465 e. The minimum atomic E-state index is -4.50. The topological polar surface area (TPSA) is 73.3 Å². The third kappa shape index (κ3) is 4.99. The Labute approximate surface area is 179 Å². The number of carbonyl (C=O) groups excluding carboxylic acids is 1. The summed E-state index contributed by atoms with van der Waals surface area (Å²) < 4.78 is 46.1. The van der Waals surface area contributed by atoms with Crippen LogP contribution in [0.15, 0.2) is 12.1 Å². The van der Waals surface area contributed by atoms with Crippen molar-refractivity contribution in [3.05, 3.63) is 28.8 Å². The van der Waals surface area contributed by atoms with E-state index in [1.54, 1.807) is 25.7 Å². The molecule has 0 spiro atoms. The maximum atomic E-state index is 13.5. The molecule has 7 nitrogen and oxygen atoms in total. The summed E-state index contributed by atoms with van der Waals surface area (Å²) >= 11 is 0. The van der Waals surface area contributed by atoms with Crippen LogP contribution >= 0.6 is 0 Å². The maximum Gasteiger partial charge on any atom is 0.416 e. The van der Waals surface area contributed by atoms with Gasteiger partial charge in [0.1, 0.15) is 5.60 Å². The lowest BCUT2D eigenvalue weighted by Crippen LogP contribution is -2.55. The number of amides is 2. The van der Waals surface area contributed by atoms with Crippen molar-refractivity contribution in [1.29, 1.82) is 0 Å². The second kappa shape index (κ2) is 8.12. The average Bonchev–Trinajstić information content (AvgIpc) is 2.64. The third-order valence-corrected chi connectivity index (χ3v) is 5.56. The van der Waals surface area contributed by atoms with Crippen LogP contribution in [0.5, 0.6) is 0 Å². The van der Waals surface area contributed by atoms with E-state index in [0.29, 0.717) is 30.9 Å². The summed E-state index contributed by atoms with van der Waals surface area (Å²) in [5.74, 6) is 0. The Bertz CT molecular complexity index is 867. The van der Waals surface area contributed by atoms with E-state index < -0.39 is 29.5 Å². The number of fused-ring (bicyclic) bond motifs is 1. The number of halogens is 3. The predicted molar refractivity (Wildman–Crippen MR) is 108 cm³/mol. The molecule has 2 aliphatic rings. The smallest absolute Gasteiger partial charge is 0.416 e. The molecule has 1 atom stereocenters. The zero-order valence-electron chi connectivity index (χ0n) is 18.1. The molecule has 1 saturated heterocycles. The fraction of sp³-hybridized carbons (Fsp3) is 0.619. The number of anilines is 1. The lowest BCUT2D eigenvalue weighted by Gasteiger charge is -2.43. The van der Waals surface area contributed by atoms with E-state index in [1.807, 2.05) is 11.8 Å². The average molecular weight is 443 g/mol. The highest BCUT2D eigenvalue weighted by Crippen LogP contribution is 2.40. The number of carbonyl (C=O) groups is 2. The Morgan fingerprint density at radius 1 is 1.10 bits per heavy atom. The Morgan fingerprint density at radius 2 is 1.77 bits per heavy atom. The molecule has 0 saturated carbocycles. The lowest BCUT2D eigenvalue weighted by molar-refractivity contribution is -0.138. The Morgan fingerprint density at radius 3 is 2.32 bits per heavy atom. The molecule has 31 heavy (non-hydrogen) atoms. The molecule has 1 aromatic rings. The third-order valence-electron chi connectivity index (χ3n) is 5.56. The van der Waals surface area contributed by atoms with Gasteiger partial charge in [-0.05, 0) is 57.4 Å². The number of nitrogens with zero attached hydrogens (tertiary/aromatic N) is 3. The highest BCUT2D eigenvalue weighted by molar-refractivity contribution is 5.70. The van der Waals surface area contributed by atoms with Gasteiger partial charge in [0.15, 0.2) is 0 Å². The summed E-state index contributed by atoms with van der Waals surface area (Å²) in [7, 11) is 0. The van der Waals surface area contributed by atoms with Gasteiger partial charge in [-0.3, -0.25) is 0 Å². The van der Waals surface area contributed by atoms with Crippen LogP contribution in [0.3, 0.4) is 0 Å². The highest BCUT2D eigenvalue weighted by atomic mass is 19.4. The van der Waals surface area contributed by atoms with Crippen LogP contribution in [-0.4, -0.2) is 64.9 Å². The maximum absolute atomic E-state index is 13.5. The molecule has 172 valence electrons. The van der Waals surface area contributed by atoms with Crippen LogP contribution < -0.4 is 4.90 Å². The van der Waals surface area contributed by atoms with E-state index in [4.69, 9.17) is 4.74 Å². The van der Waals surface area contributed by atoms with Crippen molar-refractivity contribution in [3.63, 3.8) is 0 Å².